The molecule has 0 spiro atoms. The number of hydrogen-bond donors (Lipinski definition) is 2. The molecule has 0 aliphatic heterocycles. The lowest BCUT2D eigenvalue weighted by Gasteiger charge is -2.26. The first-order valence-electron chi connectivity index (χ1n) is 7.76. The van der Waals surface area contributed by atoms with Crippen LogP contribution in [0.15, 0.2) is 17.3 Å². The standard InChI is InChI=1S/C14H26N4O2S/c1-3-15-8-9-18-11-14(10-16-18)21(19,20)17-13-6-4-12(2)5-7-13/h10-13,15,17H,3-9H2,1-2H3. The molecule has 1 fully saturated rings. The first-order chi connectivity index (χ1) is 10.0. The summed E-state index contributed by atoms with van der Waals surface area (Å²) in [7, 11) is -3.44. The topological polar surface area (TPSA) is 76.0 Å². The van der Waals surface area contributed by atoms with Crippen molar-refractivity contribution in [2.45, 2.75) is 57.0 Å². The molecule has 1 saturated carbocycles. The Bertz CT molecular complexity index is 533. The summed E-state index contributed by atoms with van der Waals surface area (Å²) in [5.41, 5.74) is 0. The number of likely N-dealkylation sites (N-methyl/N-ethyl adjacent to an activating group) is 1. The summed E-state index contributed by atoms with van der Waals surface area (Å²) in [4.78, 5) is 0.262. The van der Waals surface area contributed by atoms with Gasteiger partial charge in [-0.3, -0.25) is 4.68 Å². The molecule has 2 N–H and O–H groups in total. The fraction of sp³-hybridized carbons (Fsp3) is 0.786. The Morgan fingerprint density at radius 2 is 2.05 bits per heavy atom. The fourth-order valence-electron chi connectivity index (χ4n) is 2.64. The minimum atomic E-state index is -3.44. The van der Waals surface area contributed by atoms with Gasteiger partial charge in [-0.1, -0.05) is 13.8 Å². The van der Waals surface area contributed by atoms with Crippen molar-refractivity contribution in [3.8, 4) is 0 Å². The number of nitrogens with one attached hydrogen (secondary N) is 2. The summed E-state index contributed by atoms with van der Waals surface area (Å²) < 4.78 is 29.2. The van der Waals surface area contributed by atoms with Crippen LogP contribution < -0.4 is 10.0 Å². The zero-order valence-corrected chi connectivity index (χ0v) is 13.7. The van der Waals surface area contributed by atoms with Crippen molar-refractivity contribution in [3.63, 3.8) is 0 Å². The van der Waals surface area contributed by atoms with Gasteiger partial charge >= 0.3 is 0 Å². The summed E-state index contributed by atoms with van der Waals surface area (Å²) >= 11 is 0. The molecule has 1 aromatic heterocycles. The van der Waals surface area contributed by atoms with Gasteiger partial charge in [0.25, 0.3) is 0 Å². The van der Waals surface area contributed by atoms with Crippen molar-refractivity contribution >= 4 is 10.0 Å². The Morgan fingerprint density at radius 3 is 2.71 bits per heavy atom. The molecule has 0 atom stereocenters. The van der Waals surface area contributed by atoms with Crippen LogP contribution in [0.1, 0.15) is 39.5 Å². The summed E-state index contributed by atoms with van der Waals surface area (Å²) in [6, 6.07) is 0.0660. The Kier molecular flexibility index (Phi) is 5.78. The number of aromatic nitrogens is 2. The highest BCUT2D eigenvalue weighted by molar-refractivity contribution is 7.89. The molecule has 0 aromatic carbocycles. The summed E-state index contributed by atoms with van der Waals surface area (Å²) in [6.07, 6.45) is 7.07. The van der Waals surface area contributed by atoms with Crippen LogP contribution in [0.2, 0.25) is 0 Å². The lowest BCUT2D eigenvalue weighted by molar-refractivity contribution is 0.332. The van der Waals surface area contributed by atoms with E-state index in [1.165, 1.54) is 6.20 Å². The van der Waals surface area contributed by atoms with Crippen LogP contribution in [0.3, 0.4) is 0 Å². The summed E-state index contributed by atoms with van der Waals surface area (Å²) in [5, 5.41) is 7.31. The van der Waals surface area contributed by atoms with E-state index in [1.807, 2.05) is 6.92 Å². The lowest BCUT2D eigenvalue weighted by atomic mass is 9.88. The van der Waals surface area contributed by atoms with Crippen LogP contribution in [0.4, 0.5) is 0 Å². The average Bonchev–Trinajstić information content (AvgIpc) is 2.91. The second kappa shape index (κ2) is 7.38. The van der Waals surface area contributed by atoms with Crippen LogP contribution in [-0.2, 0) is 16.6 Å². The third kappa shape index (κ3) is 4.79. The minimum Gasteiger partial charge on any atom is -0.315 e. The molecule has 2 rings (SSSR count). The SMILES string of the molecule is CCNCCn1cc(S(=O)(=O)NC2CCC(C)CC2)cn1. The van der Waals surface area contributed by atoms with E-state index in [2.05, 4.69) is 22.1 Å². The lowest BCUT2D eigenvalue weighted by Crippen LogP contribution is -2.37. The average molecular weight is 314 g/mol. The molecule has 1 aliphatic rings. The van der Waals surface area contributed by atoms with Gasteiger partial charge in [0.15, 0.2) is 0 Å². The molecule has 21 heavy (non-hydrogen) atoms. The first kappa shape index (κ1) is 16.5. The molecule has 7 heteroatoms. The molecule has 6 nitrogen and oxygen atoms in total. The number of nitrogens with zero attached hydrogens (tertiary/aromatic N) is 2. The van der Waals surface area contributed by atoms with Crippen molar-refractivity contribution in [3.05, 3.63) is 12.4 Å². The van der Waals surface area contributed by atoms with E-state index in [0.717, 1.165) is 38.8 Å². The van der Waals surface area contributed by atoms with Crippen molar-refractivity contribution in [1.29, 1.82) is 0 Å². The fourth-order valence-corrected chi connectivity index (χ4v) is 3.90. The van der Waals surface area contributed by atoms with E-state index >= 15 is 0 Å². The monoisotopic (exact) mass is 314 g/mol. The normalized spacial score (nSPS) is 23.3. The smallest absolute Gasteiger partial charge is 0.243 e. The van der Waals surface area contributed by atoms with E-state index in [4.69, 9.17) is 0 Å². The molecular weight excluding hydrogens is 288 g/mol. The van der Waals surface area contributed by atoms with Gasteiger partial charge < -0.3 is 5.32 Å². The van der Waals surface area contributed by atoms with E-state index in [9.17, 15) is 8.42 Å². The second-order valence-corrected chi connectivity index (χ2v) is 7.58. The zero-order chi connectivity index (χ0) is 15.3. The minimum absolute atomic E-state index is 0.0660. The maximum absolute atomic E-state index is 12.3. The number of sulfonamides is 1. The highest BCUT2D eigenvalue weighted by Crippen LogP contribution is 2.24. The van der Waals surface area contributed by atoms with Crippen LogP contribution >= 0.6 is 0 Å². The molecule has 0 saturated heterocycles. The molecule has 1 aromatic rings. The molecule has 0 radical (unpaired) electrons. The third-order valence-corrected chi connectivity index (χ3v) is 5.50. The van der Waals surface area contributed by atoms with Gasteiger partial charge in [-0.25, -0.2) is 13.1 Å². The maximum Gasteiger partial charge on any atom is 0.243 e. The number of hydrogen-bond acceptors (Lipinski definition) is 4. The van der Waals surface area contributed by atoms with Crippen LogP contribution in [0.5, 0.6) is 0 Å². The Balaban J connectivity index is 1.93. The number of rotatable bonds is 7. The second-order valence-electron chi connectivity index (χ2n) is 5.87. The molecule has 120 valence electrons. The molecule has 1 heterocycles. The van der Waals surface area contributed by atoms with Gasteiger partial charge in [-0.2, -0.15) is 5.10 Å². The molecule has 0 amide bonds. The molecular formula is C14H26N4O2S. The van der Waals surface area contributed by atoms with E-state index in [-0.39, 0.29) is 10.9 Å². The predicted octanol–water partition coefficient (Wildman–Crippen LogP) is 1.35. The van der Waals surface area contributed by atoms with Crippen LogP contribution in [-0.4, -0.2) is 37.3 Å². The van der Waals surface area contributed by atoms with E-state index < -0.39 is 10.0 Å². The largest absolute Gasteiger partial charge is 0.315 e. The highest BCUT2D eigenvalue weighted by atomic mass is 32.2. The van der Waals surface area contributed by atoms with Gasteiger partial charge in [0.1, 0.15) is 4.90 Å². The van der Waals surface area contributed by atoms with Crippen molar-refractivity contribution in [2.24, 2.45) is 5.92 Å². The van der Waals surface area contributed by atoms with Crippen LogP contribution in [0, 0.1) is 5.92 Å². The van der Waals surface area contributed by atoms with Gasteiger partial charge in [-0.05, 0) is 38.1 Å². The molecule has 0 unspecified atom stereocenters. The Hall–Kier alpha value is -0.920. The zero-order valence-electron chi connectivity index (χ0n) is 12.9. The van der Waals surface area contributed by atoms with Gasteiger partial charge in [0.2, 0.25) is 10.0 Å². The highest BCUT2D eigenvalue weighted by Gasteiger charge is 2.24. The van der Waals surface area contributed by atoms with Crippen LogP contribution in [0.25, 0.3) is 0 Å². The quantitative estimate of drug-likeness (QED) is 0.745. The summed E-state index contributed by atoms with van der Waals surface area (Å²) in [6.45, 7) is 6.61. The van der Waals surface area contributed by atoms with Crippen molar-refractivity contribution in [1.82, 2.24) is 19.8 Å². The van der Waals surface area contributed by atoms with E-state index in [1.54, 1.807) is 10.9 Å². The van der Waals surface area contributed by atoms with Gasteiger partial charge in [0, 0.05) is 18.8 Å². The first-order valence-corrected chi connectivity index (χ1v) is 9.25. The van der Waals surface area contributed by atoms with Crippen molar-refractivity contribution in [2.75, 3.05) is 13.1 Å². The Labute approximate surface area is 127 Å². The van der Waals surface area contributed by atoms with Crippen molar-refractivity contribution < 1.29 is 8.42 Å². The van der Waals surface area contributed by atoms with Gasteiger partial charge in [-0.15, -0.1) is 0 Å². The molecule has 1 aliphatic carbocycles. The van der Waals surface area contributed by atoms with Gasteiger partial charge in [0.05, 0.1) is 12.7 Å². The molecule has 0 bridgehead atoms. The third-order valence-electron chi connectivity index (χ3n) is 4.03. The predicted molar refractivity (Wildman–Crippen MR) is 82.5 cm³/mol. The maximum atomic E-state index is 12.3. The summed E-state index contributed by atoms with van der Waals surface area (Å²) in [5.74, 6) is 0.708. The van der Waals surface area contributed by atoms with E-state index in [0.29, 0.717) is 12.5 Å². The Morgan fingerprint density at radius 1 is 1.33 bits per heavy atom.